The van der Waals surface area contributed by atoms with Crippen molar-refractivity contribution in [2.75, 3.05) is 6.61 Å². The van der Waals surface area contributed by atoms with E-state index in [1.807, 2.05) is 13.8 Å². The Kier molecular flexibility index (Phi) is 5.96. The van der Waals surface area contributed by atoms with Crippen LogP contribution in [0.25, 0.3) is 0 Å². The molecule has 5 nitrogen and oxygen atoms in total. The lowest BCUT2D eigenvalue weighted by molar-refractivity contribution is -0.123. The van der Waals surface area contributed by atoms with Crippen molar-refractivity contribution in [1.29, 1.82) is 0 Å². The number of ether oxygens (including phenoxy) is 1. The van der Waals surface area contributed by atoms with Gasteiger partial charge < -0.3 is 15.3 Å². The number of rotatable bonds is 6. The van der Waals surface area contributed by atoms with Crippen LogP contribution >= 0.6 is 0 Å². The molecule has 1 aromatic rings. The molecule has 1 amide bonds. The summed E-state index contributed by atoms with van der Waals surface area (Å²) in [5.41, 5.74) is 0.519. The Morgan fingerprint density at radius 1 is 1.55 bits per heavy atom. The molecule has 1 rings (SSSR count). The van der Waals surface area contributed by atoms with Crippen LogP contribution in [0.5, 0.6) is 5.75 Å². The number of hydrogen-bond acceptors (Lipinski definition) is 4. The first kappa shape index (κ1) is 15.9. The number of carbonyl (C=O) groups excluding carboxylic acids is 1. The molecule has 0 aromatic heterocycles. The minimum atomic E-state index is -0.473. The van der Waals surface area contributed by atoms with Crippen molar-refractivity contribution < 1.29 is 19.1 Å². The molecule has 0 saturated heterocycles. The van der Waals surface area contributed by atoms with Crippen molar-refractivity contribution in [3.8, 4) is 5.75 Å². The lowest BCUT2D eigenvalue weighted by atomic mass is 10.1. The topological polar surface area (TPSA) is 70.9 Å². The lowest BCUT2D eigenvalue weighted by Gasteiger charge is -2.13. The van der Waals surface area contributed by atoms with Crippen molar-refractivity contribution in [2.24, 2.45) is 5.16 Å². The summed E-state index contributed by atoms with van der Waals surface area (Å²) in [7, 11) is 0. The van der Waals surface area contributed by atoms with Gasteiger partial charge in [0.1, 0.15) is 11.6 Å². The summed E-state index contributed by atoms with van der Waals surface area (Å²) < 4.78 is 18.5. The van der Waals surface area contributed by atoms with Gasteiger partial charge in [0, 0.05) is 11.6 Å². The first-order chi connectivity index (χ1) is 9.47. The maximum Gasteiger partial charge on any atom is 0.258 e. The number of halogens is 1. The van der Waals surface area contributed by atoms with Gasteiger partial charge in [-0.05, 0) is 38.5 Å². The second-order valence-corrected chi connectivity index (χ2v) is 4.49. The molecule has 0 bridgehead atoms. The van der Waals surface area contributed by atoms with Crippen molar-refractivity contribution in [3.63, 3.8) is 0 Å². The van der Waals surface area contributed by atoms with E-state index in [2.05, 4.69) is 10.5 Å². The highest BCUT2D eigenvalue weighted by atomic mass is 19.1. The molecule has 0 fully saturated rings. The van der Waals surface area contributed by atoms with Crippen LogP contribution in [-0.4, -0.2) is 29.5 Å². The summed E-state index contributed by atoms with van der Waals surface area (Å²) in [6, 6.07) is 3.88. The van der Waals surface area contributed by atoms with E-state index in [4.69, 9.17) is 9.94 Å². The van der Waals surface area contributed by atoms with E-state index in [9.17, 15) is 9.18 Å². The van der Waals surface area contributed by atoms with Crippen molar-refractivity contribution in [3.05, 3.63) is 29.6 Å². The normalized spacial score (nSPS) is 12.9. The molecule has 1 aromatic carbocycles. The van der Waals surface area contributed by atoms with Gasteiger partial charge in [-0.1, -0.05) is 12.1 Å². The van der Waals surface area contributed by atoms with E-state index >= 15 is 0 Å². The summed E-state index contributed by atoms with van der Waals surface area (Å²) in [6.45, 7) is 5.19. The van der Waals surface area contributed by atoms with Gasteiger partial charge in [-0.25, -0.2) is 4.39 Å². The fourth-order valence-corrected chi connectivity index (χ4v) is 1.53. The van der Waals surface area contributed by atoms with E-state index < -0.39 is 5.82 Å². The van der Waals surface area contributed by atoms with Crippen LogP contribution in [0.3, 0.4) is 0 Å². The van der Waals surface area contributed by atoms with Gasteiger partial charge in [0.25, 0.3) is 5.91 Å². The van der Waals surface area contributed by atoms with Gasteiger partial charge in [-0.15, -0.1) is 0 Å². The number of nitrogens with one attached hydrogen (secondary N) is 1. The fourth-order valence-electron chi connectivity index (χ4n) is 1.53. The Morgan fingerprint density at radius 3 is 2.85 bits per heavy atom. The molecule has 0 aliphatic heterocycles. The number of oxime groups is 1. The smallest absolute Gasteiger partial charge is 0.258 e. The van der Waals surface area contributed by atoms with Gasteiger partial charge in [0.05, 0.1) is 5.71 Å². The molecule has 0 spiro atoms. The highest BCUT2D eigenvalue weighted by Gasteiger charge is 2.12. The van der Waals surface area contributed by atoms with Crippen LogP contribution in [0.15, 0.2) is 23.4 Å². The van der Waals surface area contributed by atoms with E-state index in [0.717, 1.165) is 6.42 Å². The Bertz CT molecular complexity index is 503. The van der Waals surface area contributed by atoms with Crippen LogP contribution in [-0.2, 0) is 4.79 Å². The predicted octanol–water partition coefficient (Wildman–Crippen LogP) is 2.32. The van der Waals surface area contributed by atoms with Crippen molar-refractivity contribution in [2.45, 2.75) is 33.2 Å². The first-order valence-electron chi connectivity index (χ1n) is 6.38. The van der Waals surface area contributed by atoms with Gasteiger partial charge in [0.15, 0.2) is 6.61 Å². The fraction of sp³-hybridized carbons (Fsp3) is 0.429. The summed E-state index contributed by atoms with van der Waals surface area (Å²) in [5.74, 6) is -0.436. The first-order valence-corrected chi connectivity index (χ1v) is 6.38. The second-order valence-electron chi connectivity index (χ2n) is 4.49. The van der Waals surface area contributed by atoms with Gasteiger partial charge in [-0.2, -0.15) is 0 Å². The standard InChI is InChI=1S/C14H19FN2O3/c1-4-9(2)16-14(18)8-20-13-6-5-11(15)7-12(13)10(3)17-19/h5-7,9,19H,4,8H2,1-3H3,(H,16,18)/b17-10+. The summed E-state index contributed by atoms with van der Waals surface area (Å²) in [5, 5.41) is 14.5. The van der Waals surface area contributed by atoms with Crippen molar-refractivity contribution >= 4 is 11.6 Å². The van der Waals surface area contributed by atoms with E-state index in [0.29, 0.717) is 11.3 Å². The van der Waals surface area contributed by atoms with E-state index in [-0.39, 0.29) is 24.3 Å². The lowest BCUT2D eigenvalue weighted by Crippen LogP contribution is -2.35. The monoisotopic (exact) mass is 282 g/mol. The third kappa shape index (κ3) is 4.53. The minimum Gasteiger partial charge on any atom is -0.483 e. The van der Waals surface area contributed by atoms with Crippen LogP contribution < -0.4 is 10.1 Å². The Morgan fingerprint density at radius 2 is 2.25 bits per heavy atom. The summed E-state index contributed by atoms with van der Waals surface area (Å²) >= 11 is 0. The molecule has 6 heteroatoms. The molecule has 0 heterocycles. The number of benzene rings is 1. The number of hydrogen-bond donors (Lipinski definition) is 2. The van der Waals surface area contributed by atoms with Gasteiger partial charge in [-0.3, -0.25) is 4.79 Å². The van der Waals surface area contributed by atoms with E-state index in [1.54, 1.807) is 0 Å². The Labute approximate surface area is 117 Å². The highest BCUT2D eigenvalue weighted by Crippen LogP contribution is 2.20. The molecule has 0 aliphatic carbocycles. The molecule has 1 unspecified atom stereocenters. The molecule has 110 valence electrons. The third-order valence-electron chi connectivity index (χ3n) is 2.86. The molecule has 1 atom stereocenters. The molecule has 0 radical (unpaired) electrons. The van der Waals surface area contributed by atoms with Crippen LogP contribution in [0.1, 0.15) is 32.8 Å². The SMILES string of the molecule is CCC(C)NC(=O)COc1ccc(F)cc1/C(C)=N/O. The number of amides is 1. The van der Waals surface area contributed by atoms with Crippen LogP contribution in [0.4, 0.5) is 4.39 Å². The molecule has 0 saturated carbocycles. The largest absolute Gasteiger partial charge is 0.483 e. The maximum atomic E-state index is 13.2. The number of nitrogens with zero attached hydrogens (tertiary/aromatic N) is 1. The quantitative estimate of drug-likeness (QED) is 0.478. The molecule has 2 N–H and O–H groups in total. The molecular weight excluding hydrogens is 263 g/mol. The van der Waals surface area contributed by atoms with Crippen molar-refractivity contribution in [1.82, 2.24) is 5.32 Å². The zero-order valence-electron chi connectivity index (χ0n) is 11.8. The third-order valence-corrected chi connectivity index (χ3v) is 2.86. The van der Waals surface area contributed by atoms with Gasteiger partial charge in [0.2, 0.25) is 0 Å². The van der Waals surface area contributed by atoms with E-state index in [1.165, 1.54) is 25.1 Å². The average Bonchev–Trinajstić information content (AvgIpc) is 2.44. The average molecular weight is 282 g/mol. The van der Waals surface area contributed by atoms with Crippen LogP contribution in [0, 0.1) is 5.82 Å². The zero-order valence-corrected chi connectivity index (χ0v) is 11.8. The maximum absolute atomic E-state index is 13.2. The molecular formula is C14H19FN2O3. The summed E-state index contributed by atoms with van der Waals surface area (Å²) in [6.07, 6.45) is 0.823. The highest BCUT2D eigenvalue weighted by molar-refractivity contribution is 6.00. The summed E-state index contributed by atoms with van der Waals surface area (Å²) in [4.78, 5) is 11.6. The number of carbonyl (C=O) groups is 1. The van der Waals surface area contributed by atoms with Crippen LogP contribution in [0.2, 0.25) is 0 Å². The minimum absolute atomic E-state index is 0.0690. The second kappa shape index (κ2) is 7.47. The van der Waals surface area contributed by atoms with Gasteiger partial charge >= 0.3 is 0 Å². The molecule has 0 aliphatic rings. The molecule has 20 heavy (non-hydrogen) atoms. The Hall–Kier alpha value is -2.11. The Balaban J connectivity index is 2.75. The zero-order chi connectivity index (χ0) is 15.1. The predicted molar refractivity (Wildman–Crippen MR) is 73.8 cm³/mol.